The van der Waals surface area contributed by atoms with E-state index in [9.17, 15) is 5.11 Å². The molecule has 0 spiro atoms. The minimum atomic E-state index is -0.312. The van der Waals surface area contributed by atoms with Crippen LogP contribution in [0.3, 0.4) is 0 Å². The van der Waals surface area contributed by atoms with Crippen molar-refractivity contribution in [1.29, 1.82) is 0 Å². The summed E-state index contributed by atoms with van der Waals surface area (Å²) in [5, 5.41) is 13.5. The molecule has 80 valence electrons. The first-order chi connectivity index (χ1) is 6.67. The molecule has 0 amide bonds. The number of aryl methyl sites for hydroxylation is 1. The Morgan fingerprint density at radius 3 is 2.79 bits per heavy atom. The van der Waals surface area contributed by atoms with Gasteiger partial charge in [0.2, 0.25) is 0 Å². The average molecular weight is 197 g/mol. The number of aliphatic hydroxyl groups is 1. The Bertz CT molecular complexity index is 270. The number of aromatic nitrogens is 2. The summed E-state index contributed by atoms with van der Waals surface area (Å²) in [6.45, 7) is 5.25. The fraction of sp³-hybridized carbons (Fsp3) is 0.700. The van der Waals surface area contributed by atoms with Crippen molar-refractivity contribution in [2.24, 2.45) is 5.73 Å². The molecule has 4 nitrogen and oxygen atoms in total. The molecule has 0 fully saturated rings. The minimum Gasteiger partial charge on any atom is -0.393 e. The summed E-state index contributed by atoms with van der Waals surface area (Å²) in [6.07, 6.45) is 4.23. The number of rotatable bonds is 5. The van der Waals surface area contributed by atoms with Gasteiger partial charge in [-0.05, 0) is 32.4 Å². The molecule has 0 bridgehead atoms. The SMILES string of the molecule is CCn1cc(C(CN)CC(C)O)cn1. The Kier molecular flexibility index (Phi) is 4.10. The molecule has 14 heavy (non-hydrogen) atoms. The molecule has 1 aromatic heterocycles. The molecule has 0 saturated heterocycles. The lowest BCUT2D eigenvalue weighted by Crippen LogP contribution is -2.17. The largest absolute Gasteiger partial charge is 0.393 e. The Labute approximate surface area is 84.7 Å². The smallest absolute Gasteiger partial charge is 0.0525 e. The minimum absolute atomic E-state index is 0.218. The molecular weight excluding hydrogens is 178 g/mol. The Balaban J connectivity index is 2.68. The third kappa shape index (κ3) is 2.82. The second kappa shape index (κ2) is 5.12. The van der Waals surface area contributed by atoms with E-state index >= 15 is 0 Å². The summed E-state index contributed by atoms with van der Waals surface area (Å²) in [5.41, 5.74) is 6.78. The average Bonchev–Trinajstić information content (AvgIpc) is 2.62. The summed E-state index contributed by atoms with van der Waals surface area (Å²) in [7, 11) is 0. The highest BCUT2D eigenvalue weighted by Crippen LogP contribution is 2.19. The maximum atomic E-state index is 9.30. The van der Waals surface area contributed by atoms with Crippen molar-refractivity contribution < 1.29 is 5.11 Å². The Morgan fingerprint density at radius 2 is 2.36 bits per heavy atom. The fourth-order valence-corrected chi connectivity index (χ4v) is 1.54. The number of aliphatic hydroxyl groups excluding tert-OH is 1. The van der Waals surface area contributed by atoms with Crippen LogP contribution in [0.1, 0.15) is 31.7 Å². The predicted molar refractivity (Wildman–Crippen MR) is 56.0 cm³/mol. The molecule has 1 heterocycles. The van der Waals surface area contributed by atoms with E-state index in [4.69, 9.17) is 5.73 Å². The standard InChI is InChI=1S/C10H19N3O/c1-3-13-7-10(6-12-13)9(5-11)4-8(2)14/h6-9,14H,3-5,11H2,1-2H3. The van der Waals surface area contributed by atoms with E-state index in [0.717, 1.165) is 12.1 Å². The van der Waals surface area contributed by atoms with Crippen LogP contribution in [0.4, 0.5) is 0 Å². The zero-order chi connectivity index (χ0) is 10.6. The number of hydrogen-bond donors (Lipinski definition) is 2. The lowest BCUT2D eigenvalue weighted by Gasteiger charge is -2.14. The van der Waals surface area contributed by atoms with E-state index in [2.05, 4.69) is 5.10 Å². The van der Waals surface area contributed by atoms with Crippen molar-refractivity contribution >= 4 is 0 Å². The molecule has 0 aromatic carbocycles. The molecule has 0 aliphatic rings. The second-order valence-electron chi connectivity index (χ2n) is 3.65. The first-order valence-corrected chi connectivity index (χ1v) is 5.07. The third-order valence-corrected chi connectivity index (χ3v) is 2.36. The van der Waals surface area contributed by atoms with Gasteiger partial charge in [-0.1, -0.05) is 0 Å². The Morgan fingerprint density at radius 1 is 1.64 bits per heavy atom. The monoisotopic (exact) mass is 197 g/mol. The van der Waals surface area contributed by atoms with Crippen LogP contribution >= 0.6 is 0 Å². The highest BCUT2D eigenvalue weighted by molar-refractivity contribution is 5.12. The molecule has 3 N–H and O–H groups in total. The maximum Gasteiger partial charge on any atom is 0.0525 e. The zero-order valence-electron chi connectivity index (χ0n) is 8.85. The lowest BCUT2D eigenvalue weighted by atomic mass is 9.96. The zero-order valence-corrected chi connectivity index (χ0v) is 8.85. The van der Waals surface area contributed by atoms with E-state index in [0.29, 0.717) is 13.0 Å². The molecule has 4 heteroatoms. The van der Waals surface area contributed by atoms with Gasteiger partial charge in [0.05, 0.1) is 12.3 Å². The quantitative estimate of drug-likeness (QED) is 0.731. The highest BCUT2D eigenvalue weighted by Gasteiger charge is 2.14. The molecule has 0 aliphatic heterocycles. The molecule has 1 aromatic rings. The lowest BCUT2D eigenvalue weighted by molar-refractivity contribution is 0.175. The molecule has 2 atom stereocenters. The van der Waals surface area contributed by atoms with Crippen LogP contribution < -0.4 is 5.73 Å². The summed E-state index contributed by atoms with van der Waals surface area (Å²) in [6, 6.07) is 0. The van der Waals surface area contributed by atoms with Crippen molar-refractivity contribution in [3.63, 3.8) is 0 Å². The van der Waals surface area contributed by atoms with E-state index in [1.807, 2.05) is 24.0 Å². The topological polar surface area (TPSA) is 64.1 Å². The third-order valence-electron chi connectivity index (χ3n) is 2.36. The van der Waals surface area contributed by atoms with Crippen molar-refractivity contribution in [1.82, 2.24) is 9.78 Å². The van der Waals surface area contributed by atoms with Crippen molar-refractivity contribution in [3.8, 4) is 0 Å². The predicted octanol–water partition coefficient (Wildman–Crippen LogP) is 0.716. The normalized spacial score (nSPS) is 15.4. The number of hydrogen-bond acceptors (Lipinski definition) is 3. The van der Waals surface area contributed by atoms with Gasteiger partial charge < -0.3 is 10.8 Å². The van der Waals surface area contributed by atoms with E-state index < -0.39 is 0 Å². The highest BCUT2D eigenvalue weighted by atomic mass is 16.3. The van der Waals surface area contributed by atoms with Gasteiger partial charge >= 0.3 is 0 Å². The van der Waals surface area contributed by atoms with Gasteiger partial charge in [-0.25, -0.2) is 0 Å². The van der Waals surface area contributed by atoms with Gasteiger partial charge in [0.1, 0.15) is 0 Å². The molecule has 2 unspecified atom stereocenters. The van der Waals surface area contributed by atoms with Crippen LogP contribution in [0, 0.1) is 0 Å². The van der Waals surface area contributed by atoms with E-state index in [-0.39, 0.29) is 12.0 Å². The van der Waals surface area contributed by atoms with Crippen molar-refractivity contribution in [2.75, 3.05) is 6.54 Å². The van der Waals surface area contributed by atoms with Crippen LogP contribution in [-0.2, 0) is 6.54 Å². The maximum absolute atomic E-state index is 9.30. The molecule has 0 aliphatic carbocycles. The summed E-state index contributed by atoms with van der Waals surface area (Å²) >= 11 is 0. The van der Waals surface area contributed by atoms with E-state index in [1.165, 1.54) is 0 Å². The molecule has 0 saturated carbocycles. The van der Waals surface area contributed by atoms with Crippen LogP contribution in [0.5, 0.6) is 0 Å². The van der Waals surface area contributed by atoms with Gasteiger partial charge in [0, 0.05) is 18.7 Å². The van der Waals surface area contributed by atoms with Crippen LogP contribution in [0.25, 0.3) is 0 Å². The number of nitrogens with two attached hydrogens (primary N) is 1. The molecular formula is C10H19N3O. The first kappa shape index (κ1) is 11.2. The van der Waals surface area contributed by atoms with Crippen LogP contribution in [0.15, 0.2) is 12.4 Å². The van der Waals surface area contributed by atoms with E-state index in [1.54, 1.807) is 6.92 Å². The van der Waals surface area contributed by atoms with Crippen LogP contribution in [-0.4, -0.2) is 27.5 Å². The van der Waals surface area contributed by atoms with Gasteiger partial charge in [-0.2, -0.15) is 5.10 Å². The molecule has 0 radical (unpaired) electrons. The fourth-order valence-electron chi connectivity index (χ4n) is 1.54. The Hall–Kier alpha value is -0.870. The summed E-state index contributed by atoms with van der Waals surface area (Å²) in [4.78, 5) is 0. The first-order valence-electron chi connectivity index (χ1n) is 5.07. The van der Waals surface area contributed by atoms with Crippen molar-refractivity contribution in [3.05, 3.63) is 18.0 Å². The second-order valence-corrected chi connectivity index (χ2v) is 3.65. The molecule has 1 rings (SSSR count). The van der Waals surface area contributed by atoms with Gasteiger partial charge in [-0.3, -0.25) is 4.68 Å². The van der Waals surface area contributed by atoms with Crippen LogP contribution in [0.2, 0.25) is 0 Å². The van der Waals surface area contributed by atoms with Gasteiger partial charge in [0.25, 0.3) is 0 Å². The number of nitrogens with zero attached hydrogens (tertiary/aromatic N) is 2. The summed E-state index contributed by atoms with van der Waals surface area (Å²) < 4.78 is 1.88. The van der Waals surface area contributed by atoms with Crippen molar-refractivity contribution in [2.45, 2.75) is 38.8 Å². The van der Waals surface area contributed by atoms with Gasteiger partial charge in [-0.15, -0.1) is 0 Å². The summed E-state index contributed by atoms with van der Waals surface area (Å²) in [5.74, 6) is 0.218. The van der Waals surface area contributed by atoms with Gasteiger partial charge in [0.15, 0.2) is 0 Å².